The molecule has 1 atom stereocenters. The van der Waals surface area contributed by atoms with E-state index in [0.717, 1.165) is 57.2 Å². The van der Waals surface area contributed by atoms with Gasteiger partial charge in [-0.3, -0.25) is 4.90 Å². The van der Waals surface area contributed by atoms with Crippen molar-refractivity contribution in [3.05, 3.63) is 23.8 Å². The maximum absolute atomic E-state index is 10.3. The zero-order valence-corrected chi connectivity index (χ0v) is 17.3. The summed E-state index contributed by atoms with van der Waals surface area (Å²) in [5, 5.41) is 19.9. The van der Waals surface area contributed by atoms with Crippen LogP contribution < -0.4 is 9.47 Å². The highest BCUT2D eigenvalue weighted by molar-refractivity contribution is 5.43. The first-order valence-corrected chi connectivity index (χ1v) is 10.6. The standard InChI is InChI=1S/C22H36N2O4/c1-17-5-9-23(10-6-17)14-18-3-4-21(22(13-18)27-2)28-16-20(26)15-24-11-7-19(25)8-12-24/h3-4,13,17,19-20,25-26H,5-12,14-16H2,1-2H3/t20-/m1/s1. The molecule has 0 aromatic heterocycles. The van der Waals surface area contributed by atoms with Crippen molar-refractivity contribution in [3.63, 3.8) is 0 Å². The Bertz CT molecular complexity index is 596. The van der Waals surface area contributed by atoms with Gasteiger partial charge in [0.25, 0.3) is 0 Å². The molecule has 0 radical (unpaired) electrons. The first-order valence-electron chi connectivity index (χ1n) is 10.6. The summed E-state index contributed by atoms with van der Waals surface area (Å²) >= 11 is 0. The zero-order chi connectivity index (χ0) is 19.9. The molecule has 2 aliphatic heterocycles. The Morgan fingerprint density at radius 3 is 2.39 bits per heavy atom. The van der Waals surface area contributed by atoms with Gasteiger partial charge in [-0.1, -0.05) is 13.0 Å². The third-order valence-corrected chi connectivity index (χ3v) is 5.97. The Morgan fingerprint density at radius 1 is 1.04 bits per heavy atom. The highest BCUT2D eigenvalue weighted by atomic mass is 16.5. The second-order valence-corrected chi connectivity index (χ2v) is 8.44. The number of aliphatic hydroxyl groups excluding tert-OH is 2. The molecule has 2 saturated heterocycles. The van der Waals surface area contributed by atoms with Crippen LogP contribution in [0.1, 0.15) is 38.2 Å². The monoisotopic (exact) mass is 392 g/mol. The first-order chi connectivity index (χ1) is 13.5. The lowest BCUT2D eigenvalue weighted by molar-refractivity contribution is 0.0333. The number of β-amino-alcohol motifs (C(OH)–C–C–N with tert-alkyl or cyclic N) is 1. The predicted octanol–water partition coefficient (Wildman–Crippen LogP) is 2.12. The SMILES string of the molecule is COc1cc(CN2CCC(C)CC2)ccc1OC[C@H](O)CN1CCC(O)CC1. The van der Waals surface area contributed by atoms with Gasteiger partial charge in [0, 0.05) is 26.2 Å². The molecular formula is C22H36N2O4. The molecule has 2 heterocycles. The van der Waals surface area contributed by atoms with E-state index in [1.165, 1.54) is 18.4 Å². The number of hydrogen-bond acceptors (Lipinski definition) is 6. The molecule has 3 rings (SSSR count). The number of piperidine rings is 2. The van der Waals surface area contributed by atoms with E-state index in [4.69, 9.17) is 9.47 Å². The molecule has 0 saturated carbocycles. The molecule has 1 aromatic rings. The van der Waals surface area contributed by atoms with Crippen LogP contribution >= 0.6 is 0 Å². The van der Waals surface area contributed by atoms with Crippen molar-refractivity contribution < 1.29 is 19.7 Å². The Hall–Kier alpha value is -1.34. The van der Waals surface area contributed by atoms with Gasteiger partial charge in [-0.2, -0.15) is 0 Å². The van der Waals surface area contributed by atoms with E-state index in [2.05, 4.69) is 22.8 Å². The lowest BCUT2D eigenvalue weighted by Crippen LogP contribution is -2.41. The van der Waals surface area contributed by atoms with E-state index in [9.17, 15) is 10.2 Å². The van der Waals surface area contributed by atoms with Gasteiger partial charge in [-0.15, -0.1) is 0 Å². The summed E-state index contributed by atoms with van der Waals surface area (Å²) in [6, 6.07) is 6.09. The van der Waals surface area contributed by atoms with E-state index in [-0.39, 0.29) is 12.7 Å². The van der Waals surface area contributed by atoms with Gasteiger partial charge in [0.05, 0.1) is 13.2 Å². The van der Waals surface area contributed by atoms with Crippen molar-refractivity contribution in [3.8, 4) is 11.5 Å². The molecule has 0 unspecified atom stereocenters. The van der Waals surface area contributed by atoms with E-state index in [0.29, 0.717) is 12.3 Å². The van der Waals surface area contributed by atoms with Crippen LogP contribution in [0.5, 0.6) is 11.5 Å². The smallest absolute Gasteiger partial charge is 0.161 e. The van der Waals surface area contributed by atoms with Crippen LogP contribution in [0.3, 0.4) is 0 Å². The minimum absolute atomic E-state index is 0.194. The van der Waals surface area contributed by atoms with Gasteiger partial charge >= 0.3 is 0 Å². The molecule has 2 aliphatic rings. The summed E-state index contributed by atoms with van der Waals surface area (Å²) < 4.78 is 11.4. The average Bonchev–Trinajstić information content (AvgIpc) is 2.70. The average molecular weight is 393 g/mol. The maximum atomic E-state index is 10.3. The number of methoxy groups -OCH3 is 1. The van der Waals surface area contributed by atoms with Gasteiger partial charge < -0.3 is 24.6 Å². The minimum Gasteiger partial charge on any atom is -0.493 e. The van der Waals surface area contributed by atoms with Crippen LogP contribution in [0.25, 0.3) is 0 Å². The highest BCUT2D eigenvalue weighted by Gasteiger charge is 2.20. The van der Waals surface area contributed by atoms with Crippen molar-refractivity contribution in [1.29, 1.82) is 0 Å². The molecule has 0 aliphatic carbocycles. The molecule has 0 bridgehead atoms. The van der Waals surface area contributed by atoms with Gasteiger partial charge in [-0.05, 0) is 62.4 Å². The molecule has 158 valence electrons. The van der Waals surface area contributed by atoms with Crippen LogP contribution in [-0.4, -0.2) is 78.7 Å². The fourth-order valence-electron chi connectivity index (χ4n) is 4.05. The zero-order valence-electron chi connectivity index (χ0n) is 17.3. The summed E-state index contributed by atoms with van der Waals surface area (Å²) in [5.74, 6) is 2.23. The van der Waals surface area contributed by atoms with E-state index < -0.39 is 6.10 Å². The van der Waals surface area contributed by atoms with E-state index in [1.807, 2.05) is 12.1 Å². The van der Waals surface area contributed by atoms with Gasteiger partial charge in [0.15, 0.2) is 11.5 Å². The largest absolute Gasteiger partial charge is 0.493 e. The second kappa shape index (κ2) is 10.4. The number of benzene rings is 1. The Balaban J connectivity index is 1.48. The molecule has 28 heavy (non-hydrogen) atoms. The van der Waals surface area contributed by atoms with Crippen molar-refractivity contribution >= 4 is 0 Å². The first kappa shape index (κ1) is 21.4. The third-order valence-electron chi connectivity index (χ3n) is 5.97. The summed E-state index contributed by atoms with van der Waals surface area (Å²) in [5.41, 5.74) is 1.23. The van der Waals surface area contributed by atoms with Crippen LogP contribution in [-0.2, 0) is 6.54 Å². The molecule has 0 spiro atoms. The predicted molar refractivity (Wildman–Crippen MR) is 110 cm³/mol. The Labute approximate surface area is 169 Å². The van der Waals surface area contributed by atoms with Crippen molar-refractivity contribution in [2.75, 3.05) is 46.4 Å². The normalized spacial score (nSPS) is 21.6. The van der Waals surface area contributed by atoms with Gasteiger partial charge in [-0.25, -0.2) is 0 Å². The number of nitrogens with zero attached hydrogens (tertiary/aromatic N) is 2. The second-order valence-electron chi connectivity index (χ2n) is 8.44. The molecular weight excluding hydrogens is 356 g/mol. The quantitative estimate of drug-likeness (QED) is 0.707. The molecule has 1 aromatic carbocycles. The van der Waals surface area contributed by atoms with Crippen LogP contribution in [0.4, 0.5) is 0 Å². The number of hydrogen-bond donors (Lipinski definition) is 2. The Kier molecular flexibility index (Phi) is 7.97. The lowest BCUT2D eigenvalue weighted by Gasteiger charge is -2.31. The van der Waals surface area contributed by atoms with Crippen molar-refractivity contribution in [2.45, 2.75) is 51.4 Å². The summed E-state index contributed by atoms with van der Waals surface area (Å²) in [7, 11) is 1.66. The summed E-state index contributed by atoms with van der Waals surface area (Å²) in [6.07, 6.45) is 3.34. The topological polar surface area (TPSA) is 65.4 Å². The highest BCUT2D eigenvalue weighted by Crippen LogP contribution is 2.29. The van der Waals surface area contributed by atoms with E-state index >= 15 is 0 Å². The molecule has 0 amide bonds. The lowest BCUT2D eigenvalue weighted by atomic mass is 9.99. The number of rotatable bonds is 8. The number of likely N-dealkylation sites (tertiary alicyclic amines) is 2. The molecule has 2 N–H and O–H groups in total. The van der Waals surface area contributed by atoms with Crippen molar-refractivity contribution in [1.82, 2.24) is 9.80 Å². The minimum atomic E-state index is -0.560. The number of aliphatic hydroxyl groups is 2. The Morgan fingerprint density at radius 2 is 1.71 bits per heavy atom. The molecule has 6 nitrogen and oxygen atoms in total. The van der Waals surface area contributed by atoms with Crippen LogP contribution in [0.15, 0.2) is 18.2 Å². The summed E-state index contributed by atoms with van der Waals surface area (Å²) in [6.45, 7) is 8.03. The van der Waals surface area contributed by atoms with Crippen LogP contribution in [0, 0.1) is 5.92 Å². The van der Waals surface area contributed by atoms with E-state index in [1.54, 1.807) is 7.11 Å². The van der Waals surface area contributed by atoms with Crippen molar-refractivity contribution in [2.24, 2.45) is 5.92 Å². The molecule has 2 fully saturated rings. The number of ether oxygens (including phenoxy) is 2. The molecule has 6 heteroatoms. The van der Waals surface area contributed by atoms with Gasteiger partial charge in [0.2, 0.25) is 0 Å². The third kappa shape index (κ3) is 6.34. The fourth-order valence-corrected chi connectivity index (χ4v) is 4.05. The van der Waals surface area contributed by atoms with Gasteiger partial charge in [0.1, 0.15) is 12.7 Å². The van der Waals surface area contributed by atoms with Crippen LogP contribution in [0.2, 0.25) is 0 Å². The fraction of sp³-hybridized carbons (Fsp3) is 0.727. The maximum Gasteiger partial charge on any atom is 0.161 e. The summed E-state index contributed by atoms with van der Waals surface area (Å²) in [4.78, 5) is 4.68.